The van der Waals surface area contributed by atoms with Crippen LogP contribution in [0.5, 0.6) is 5.75 Å². The van der Waals surface area contributed by atoms with Crippen molar-refractivity contribution in [2.75, 3.05) is 23.7 Å². The minimum Gasteiger partial charge on any atom is -0.491 e. The molecule has 0 aliphatic heterocycles. The van der Waals surface area contributed by atoms with Crippen LogP contribution in [0.4, 0.5) is 5.69 Å². The molecule has 2 atom stereocenters. The number of hydrogen-bond acceptors (Lipinski definition) is 7. The van der Waals surface area contributed by atoms with Gasteiger partial charge in [0.1, 0.15) is 12.4 Å². The van der Waals surface area contributed by atoms with Crippen molar-refractivity contribution in [3.05, 3.63) is 48.0 Å². The number of nitrogens with two attached hydrogens (primary N) is 1. The molecule has 11 heteroatoms. The number of hydrogen-bond donors (Lipinski definition) is 3. The maximum atomic E-state index is 13.7. The average Bonchev–Trinajstić information content (AvgIpc) is 2.79. The largest absolute Gasteiger partial charge is 0.491 e. The van der Waals surface area contributed by atoms with Crippen molar-refractivity contribution in [3.8, 4) is 5.75 Å². The SMILES string of the molecule is CCc1ccc(N(CC(C)C)S(=O)(=O)c2ccc(OC[C@@H](N)CCC(=O)O)c(S(C)(=N)=O)c2)cc1. The Morgan fingerprint density at radius 1 is 1.14 bits per heavy atom. The van der Waals surface area contributed by atoms with Gasteiger partial charge in [-0.25, -0.2) is 17.4 Å². The van der Waals surface area contributed by atoms with Crippen LogP contribution in [0.3, 0.4) is 0 Å². The van der Waals surface area contributed by atoms with Gasteiger partial charge in [-0.1, -0.05) is 32.9 Å². The second kappa shape index (κ2) is 11.9. The minimum atomic E-state index is -4.04. The lowest BCUT2D eigenvalue weighted by Gasteiger charge is -2.27. The van der Waals surface area contributed by atoms with E-state index in [1.54, 1.807) is 12.1 Å². The van der Waals surface area contributed by atoms with Crippen molar-refractivity contribution in [1.82, 2.24) is 0 Å². The van der Waals surface area contributed by atoms with Crippen LogP contribution in [0.1, 0.15) is 39.2 Å². The third kappa shape index (κ3) is 7.94. The van der Waals surface area contributed by atoms with Crippen LogP contribution in [-0.4, -0.2) is 49.2 Å². The Bertz CT molecular complexity index is 1230. The molecule has 4 N–H and O–H groups in total. The number of aliphatic carboxylic acids is 1. The van der Waals surface area contributed by atoms with Gasteiger partial charge in [-0.3, -0.25) is 9.10 Å². The zero-order chi connectivity index (χ0) is 26.4. The quantitative estimate of drug-likeness (QED) is 0.361. The zero-order valence-electron chi connectivity index (χ0n) is 20.6. The summed E-state index contributed by atoms with van der Waals surface area (Å²) in [4.78, 5) is 10.6. The molecule has 0 bridgehead atoms. The molecular formula is C24H35N3O6S2. The van der Waals surface area contributed by atoms with Crippen molar-refractivity contribution in [2.24, 2.45) is 11.7 Å². The lowest BCUT2D eigenvalue weighted by molar-refractivity contribution is -0.137. The lowest BCUT2D eigenvalue weighted by atomic mass is 10.1. The summed E-state index contributed by atoms with van der Waals surface area (Å²) in [6.07, 6.45) is 2.07. The molecule has 2 aromatic carbocycles. The molecule has 35 heavy (non-hydrogen) atoms. The van der Waals surface area contributed by atoms with E-state index in [0.717, 1.165) is 12.0 Å². The number of aryl methyl sites for hydroxylation is 1. The molecule has 194 valence electrons. The first kappa shape index (κ1) is 28.6. The van der Waals surface area contributed by atoms with E-state index in [4.69, 9.17) is 20.4 Å². The molecule has 0 fully saturated rings. The van der Waals surface area contributed by atoms with Crippen LogP contribution in [0.2, 0.25) is 0 Å². The Labute approximate surface area is 208 Å². The highest BCUT2D eigenvalue weighted by atomic mass is 32.2. The van der Waals surface area contributed by atoms with Gasteiger partial charge in [0.05, 0.1) is 25.2 Å². The zero-order valence-corrected chi connectivity index (χ0v) is 22.2. The molecule has 2 aromatic rings. The van der Waals surface area contributed by atoms with Crippen LogP contribution < -0.4 is 14.8 Å². The van der Waals surface area contributed by atoms with Crippen LogP contribution in [0.25, 0.3) is 0 Å². The predicted molar refractivity (Wildman–Crippen MR) is 137 cm³/mol. The van der Waals surface area contributed by atoms with Gasteiger partial charge in [0.25, 0.3) is 10.0 Å². The molecule has 0 saturated carbocycles. The summed E-state index contributed by atoms with van der Waals surface area (Å²) in [5.41, 5.74) is 7.49. The Morgan fingerprint density at radius 2 is 1.77 bits per heavy atom. The highest BCUT2D eigenvalue weighted by molar-refractivity contribution is 7.93. The summed E-state index contributed by atoms with van der Waals surface area (Å²) in [7, 11) is -7.39. The molecule has 0 aromatic heterocycles. The number of carboxylic acid groups (broad SMARTS) is 1. The summed E-state index contributed by atoms with van der Waals surface area (Å²) >= 11 is 0. The second-order valence-electron chi connectivity index (χ2n) is 8.91. The maximum Gasteiger partial charge on any atom is 0.303 e. The first-order valence-electron chi connectivity index (χ1n) is 11.3. The van der Waals surface area contributed by atoms with E-state index in [1.165, 1.54) is 28.8 Å². The number of sulfonamides is 1. The van der Waals surface area contributed by atoms with E-state index in [1.807, 2.05) is 32.9 Å². The minimum absolute atomic E-state index is 0.0385. The van der Waals surface area contributed by atoms with Gasteiger partial charge in [-0.05, 0) is 54.7 Å². The number of nitrogens with one attached hydrogen (secondary N) is 1. The fourth-order valence-corrected chi connectivity index (χ4v) is 5.95. The molecule has 0 aliphatic carbocycles. The molecular weight excluding hydrogens is 490 g/mol. The van der Waals surface area contributed by atoms with Crippen LogP contribution >= 0.6 is 0 Å². The molecule has 1 unspecified atom stereocenters. The van der Waals surface area contributed by atoms with E-state index >= 15 is 0 Å². The molecule has 0 spiro atoms. The summed E-state index contributed by atoms with van der Waals surface area (Å²) in [5, 5.41) is 8.79. The van der Waals surface area contributed by atoms with Crippen LogP contribution in [0.15, 0.2) is 52.3 Å². The number of anilines is 1. The molecule has 0 amide bonds. The van der Waals surface area contributed by atoms with E-state index in [2.05, 4.69) is 0 Å². The average molecular weight is 526 g/mol. The normalized spacial score (nSPS) is 14.3. The van der Waals surface area contributed by atoms with Crippen LogP contribution in [0, 0.1) is 10.7 Å². The smallest absolute Gasteiger partial charge is 0.303 e. The van der Waals surface area contributed by atoms with Gasteiger partial charge in [-0.15, -0.1) is 0 Å². The Balaban J connectivity index is 2.45. The van der Waals surface area contributed by atoms with E-state index in [-0.39, 0.29) is 47.5 Å². The first-order chi connectivity index (χ1) is 16.3. The highest BCUT2D eigenvalue weighted by Crippen LogP contribution is 2.31. The maximum absolute atomic E-state index is 13.7. The molecule has 9 nitrogen and oxygen atoms in total. The Kier molecular flexibility index (Phi) is 9.70. The monoisotopic (exact) mass is 525 g/mol. The number of carboxylic acids is 1. The van der Waals surface area contributed by atoms with E-state index in [9.17, 15) is 17.4 Å². The summed E-state index contributed by atoms with van der Waals surface area (Å²) < 4.78 is 55.1. The fourth-order valence-electron chi connectivity index (χ4n) is 3.36. The third-order valence-electron chi connectivity index (χ3n) is 5.27. The van der Waals surface area contributed by atoms with Gasteiger partial charge in [0.2, 0.25) is 0 Å². The van der Waals surface area contributed by atoms with Crippen molar-refractivity contribution in [3.63, 3.8) is 0 Å². The molecule has 0 radical (unpaired) electrons. The molecule has 0 saturated heterocycles. The van der Waals surface area contributed by atoms with Crippen molar-refractivity contribution >= 4 is 31.4 Å². The highest BCUT2D eigenvalue weighted by Gasteiger charge is 2.28. The Morgan fingerprint density at radius 3 is 2.29 bits per heavy atom. The van der Waals surface area contributed by atoms with Gasteiger partial charge < -0.3 is 15.6 Å². The molecule has 2 rings (SSSR count). The second-order valence-corrected chi connectivity index (χ2v) is 12.9. The number of rotatable bonds is 13. The topological polar surface area (TPSA) is 151 Å². The number of ether oxygens (including phenoxy) is 1. The van der Waals surface area contributed by atoms with Gasteiger partial charge >= 0.3 is 5.97 Å². The van der Waals surface area contributed by atoms with Gasteiger partial charge in [-0.2, -0.15) is 0 Å². The fraction of sp³-hybridized carbons (Fsp3) is 0.458. The summed E-state index contributed by atoms with van der Waals surface area (Å²) in [5.74, 6) is -0.856. The first-order valence-corrected chi connectivity index (χ1v) is 14.8. The molecule has 0 aliphatic rings. The van der Waals surface area contributed by atoms with E-state index in [0.29, 0.717) is 5.69 Å². The van der Waals surface area contributed by atoms with E-state index < -0.39 is 31.8 Å². The van der Waals surface area contributed by atoms with Gasteiger partial charge in [0.15, 0.2) is 0 Å². The van der Waals surface area contributed by atoms with Crippen molar-refractivity contribution in [2.45, 2.75) is 55.9 Å². The number of benzene rings is 2. The van der Waals surface area contributed by atoms with Gasteiger partial charge in [0, 0.05) is 25.3 Å². The third-order valence-corrected chi connectivity index (χ3v) is 8.22. The number of nitrogens with zero attached hydrogens (tertiary/aromatic N) is 1. The summed E-state index contributed by atoms with van der Waals surface area (Å²) in [6.45, 7) is 6.03. The summed E-state index contributed by atoms with van der Waals surface area (Å²) in [6, 6.07) is 10.7. The number of carbonyl (C=O) groups is 1. The van der Waals surface area contributed by atoms with Crippen molar-refractivity contribution in [1.29, 1.82) is 4.78 Å². The standard InChI is InChI=1S/C24H35N3O6S2/c1-5-18-6-9-20(10-7-18)27(15-17(2)3)35(31,32)21-11-12-22(23(14-21)34(4,26)30)33-16-19(25)8-13-24(28)29/h6-7,9-12,14,17,19,26H,5,8,13,15-16,25H2,1-4H3,(H,28,29)/t19-,34?/m0/s1. The lowest BCUT2D eigenvalue weighted by Crippen LogP contribution is -2.34. The Hall–Kier alpha value is -2.63. The van der Waals surface area contributed by atoms with Crippen molar-refractivity contribution < 1.29 is 27.3 Å². The molecule has 0 heterocycles. The van der Waals surface area contributed by atoms with Crippen LogP contribution in [-0.2, 0) is 31.0 Å². The predicted octanol–water partition coefficient (Wildman–Crippen LogP) is 3.71.